The van der Waals surface area contributed by atoms with Crippen molar-refractivity contribution in [3.8, 4) is 11.6 Å². The molecule has 1 atom stereocenters. The molecule has 1 aromatic carbocycles. The van der Waals surface area contributed by atoms with Crippen LogP contribution in [0, 0.1) is 0 Å². The Morgan fingerprint density at radius 3 is 1.96 bits per heavy atom. The van der Waals surface area contributed by atoms with Gasteiger partial charge in [-0.15, -0.1) is 5.10 Å². The third kappa shape index (κ3) is 3.83. The Hall–Kier alpha value is -2.20. The summed E-state index contributed by atoms with van der Waals surface area (Å²) < 4.78 is 80.3. The number of nitrogens with zero attached hydrogens (tertiary/aromatic N) is 4. The Labute approximate surface area is 164 Å². The lowest BCUT2D eigenvalue weighted by atomic mass is 10.1. The van der Waals surface area contributed by atoms with Crippen LogP contribution in [0.4, 0.5) is 26.3 Å². The van der Waals surface area contributed by atoms with Gasteiger partial charge in [0.15, 0.2) is 5.82 Å². The van der Waals surface area contributed by atoms with Crippen LogP contribution in [0.2, 0.25) is 10.0 Å². The largest absolute Gasteiger partial charge is 0.416 e. The van der Waals surface area contributed by atoms with Gasteiger partial charge in [-0.05, 0) is 31.2 Å². The van der Waals surface area contributed by atoms with Gasteiger partial charge in [0.05, 0.1) is 15.6 Å². The molecule has 0 bridgehead atoms. The second-order valence-corrected chi connectivity index (χ2v) is 6.64. The summed E-state index contributed by atoms with van der Waals surface area (Å²) in [6, 6.07) is 4.41. The van der Waals surface area contributed by atoms with E-state index in [9.17, 15) is 26.3 Å². The van der Waals surface area contributed by atoms with Crippen LogP contribution in [0.1, 0.15) is 24.2 Å². The van der Waals surface area contributed by atoms with Gasteiger partial charge in [-0.1, -0.05) is 23.2 Å². The highest BCUT2D eigenvalue weighted by molar-refractivity contribution is 6.37. The minimum Gasteiger partial charge on any atom is -0.293 e. The first-order chi connectivity index (χ1) is 12.9. The van der Waals surface area contributed by atoms with Gasteiger partial charge in [-0.25, -0.2) is 0 Å². The Balaban J connectivity index is 2.23. The number of halogens is 8. The van der Waals surface area contributed by atoms with Crippen LogP contribution >= 0.6 is 23.2 Å². The molecule has 0 fully saturated rings. The van der Waals surface area contributed by atoms with Crippen LogP contribution < -0.4 is 0 Å². The fourth-order valence-corrected chi connectivity index (χ4v) is 3.01. The number of hydrogen-bond acceptors (Lipinski definition) is 2. The zero-order chi connectivity index (χ0) is 20.9. The van der Waals surface area contributed by atoms with Gasteiger partial charge < -0.3 is 0 Å². The van der Waals surface area contributed by atoms with Gasteiger partial charge in [0.1, 0.15) is 11.6 Å². The zero-order valence-electron chi connectivity index (χ0n) is 13.9. The molecule has 3 aromatic rings. The number of benzene rings is 1. The molecule has 0 saturated carbocycles. The van der Waals surface area contributed by atoms with E-state index in [0.717, 1.165) is 11.6 Å². The van der Waals surface area contributed by atoms with Crippen LogP contribution in [0.15, 0.2) is 36.7 Å². The molecule has 2 heterocycles. The summed E-state index contributed by atoms with van der Waals surface area (Å²) in [5.74, 6) is -2.71. The van der Waals surface area contributed by atoms with Crippen LogP contribution in [0.3, 0.4) is 0 Å². The standard InChI is InChI=1S/C16H10Cl2F6N4/c1-8(15(19,20)21)13-25-14(27-4-2-3-5-27)28(26-13)12-10(17)6-9(7-11(12)18)16(22,23)24/h2-8H,1H3. The predicted octanol–water partition coefficient (Wildman–Crippen LogP) is 6.05. The SMILES string of the molecule is CC(c1nc(-n2cccc2)n(-c2c(Cl)cc(C(F)(F)F)cc2Cl)n1)C(F)(F)F. The average Bonchev–Trinajstić information content (AvgIpc) is 3.21. The van der Waals surface area contributed by atoms with Crippen molar-refractivity contribution in [3.63, 3.8) is 0 Å². The molecular formula is C16H10Cl2F6N4. The molecule has 3 rings (SSSR count). The first-order valence-electron chi connectivity index (χ1n) is 7.63. The number of rotatable bonds is 3. The van der Waals surface area contributed by atoms with E-state index in [1.807, 2.05) is 0 Å². The second kappa shape index (κ2) is 7.00. The van der Waals surface area contributed by atoms with E-state index in [-0.39, 0.29) is 11.6 Å². The molecule has 0 N–H and O–H groups in total. The van der Waals surface area contributed by atoms with Crippen molar-refractivity contribution in [3.05, 3.63) is 58.1 Å². The van der Waals surface area contributed by atoms with Crippen molar-refractivity contribution in [2.45, 2.75) is 25.2 Å². The number of alkyl halides is 6. The summed E-state index contributed by atoms with van der Waals surface area (Å²) >= 11 is 12.0. The number of aromatic nitrogens is 4. The van der Waals surface area contributed by atoms with Crippen LogP contribution in [0.5, 0.6) is 0 Å². The molecule has 12 heteroatoms. The van der Waals surface area contributed by atoms with Crippen LogP contribution in [-0.4, -0.2) is 25.5 Å². The van der Waals surface area contributed by atoms with E-state index in [2.05, 4.69) is 10.1 Å². The summed E-state index contributed by atoms with van der Waals surface area (Å²) in [4.78, 5) is 3.90. The van der Waals surface area contributed by atoms with Crippen molar-refractivity contribution < 1.29 is 26.3 Å². The maximum Gasteiger partial charge on any atom is 0.416 e. The second-order valence-electron chi connectivity index (χ2n) is 5.82. The topological polar surface area (TPSA) is 35.6 Å². The maximum absolute atomic E-state index is 13.1. The highest BCUT2D eigenvalue weighted by Gasteiger charge is 2.41. The molecule has 0 radical (unpaired) electrons. The van der Waals surface area contributed by atoms with Gasteiger partial charge in [0.25, 0.3) is 0 Å². The van der Waals surface area contributed by atoms with Crippen molar-refractivity contribution in [2.24, 2.45) is 0 Å². The van der Waals surface area contributed by atoms with Crippen molar-refractivity contribution in [2.75, 3.05) is 0 Å². The van der Waals surface area contributed by atoms with Crippen molar-refractivity contribution in [1.29, 1.82) is 0 Å². The normalized spacial score (nSPS) is 13.8. The summed E-state index contributed by atoms with van der Waals surface area (Å²) in [5.41, 5.74) is -1.31. The Kier molecular flexibility index (Phi) is 5.13. The summed E-state index contributed by atoms with van der Waals surface area (Å²) in [7, 11) is 0. The minimum atomic E-state index is -4.70. The predicted molar refractivity (Wildman–Crippen MR) is 90.2 cm³/mol. The molecule has 0 aliphatic heterocycles. The van der Waals surface area contributed by atoms with E-state index in [1.54, 1.807) is 12.1 Å². The van der Waals surface area contributed by atoms with Gasteiger partial charge in [-0.2, -0.15) is 36.0 Å². The molecule has 150 valence electrons. The molecule has 28 heavy (non-hydrogen) atoms. The van der Waals surface area contributed by atoms with Crippen molar-refractivity contribution >= 4 is 23.2 Å². The zero-order valence-corrected chi connectivity index (χ0v) is 15.4. The monoisotopic (exact) mass is 442 g/mol. The maximum atomic E-state index is 13.1. The summed E-state index contributed by atoms with van der Waals surface area (Å²) in [6.45, 7) is 0.870. The van der Waals surface area contributed by atoms with Gasteiger partial charge in [0.2, 0.25) is 5.95 Å². The molecular weight excluding hydrogens is 433 g/mol. The Morgan fingerprint density at radius 2 is 1.50 bits per heavy atom. The average molecular weight is 443 g/mol. The van der Waals surface area contributed by atoms with Gasteiger partial charge in [0, 0.05) is 12.4 Å². The first kappa shape index (κ1) is 20.5. The van der Waals surface area contributed by atoms with Gasteiger partial charge >= 0.3 is 12.4 Å². The molecule has 4 nitrogen and oxygen atoms in total. The molecule has 0 saturated heterocycles. The first-order valence-corrected chi connectivity index (χ1v) is 8.39. The molecule has 0 amide bonds. The third-order valence-corrected chi connectivity index (χ3v) is 4.45. The van der Waals surface area contributed by atoms with E-state index in [4.69, 9.17) is 23.2 Å². The lowest BCUT2D eigenvalue weighted by molar-refractivity contribution is -0.147. The summed E-state index contributed by atoms with van der Waals surface area (Å²) in [6.07, 6.45) is -6.36. The minimum absolute atomic E-state index is 0.111. The molecule has 0 aliphatic carbocycles. The molecule has 2 aromatic heterocycles. The Morgan fingerprint density at radius 1 is 0.964 bits per heavy atom. The lowest BCUT2D eigenvalue weighted by Gasteiger charge is -2.14. The van der Waals surface area contributed by atoms with Crippen LogP contribution in [-0.2, 0) is 6.18 Å². The molecule has 0 spiro atoms. The molecule has 0 aliphatic rings. The highest BCUT2D eigenvalue weighted by atomic mass is 35.5. The summed E-state index contributed by atoms with van der Waals surface area (Å²) in [5, 5.41) is 2.95. The van der Waals surface area contributed by atoms with E-state index >= 15 is 0 Å². The highest BCUT2D eigenvalue weighted by Crippen LogP contribution is 2.39. The molecule has 1 unspecified atom stereocenters. The quantitative estimate of drug-likeness (QED) is 0.462. The van der Waals surface area contributed by atoms with Gasteiger partial charge in [-0.3, -0.25) is 4.57 Å². The van der Waals surface area contributed by atoms with E-state index < -0.39 is 39.7 Å². The smallest absolute Gasteiger partial charge is 0.293 e. The fraction of sp³-hybridized carbons (Fsp3) is 0.250. The third-order valence-electron chi connectivity index (χ3n) is 3.88. The van der Waals surface area contributed by atoms with E-state index in [0.29, 0.717) is 12.1 Å². The van der Waals surface area contributed by atoms with E-state index in [1.165, 1.54) is 17.0 Å². The Bertz CT molecular complexity index is 969. The lowest BCUT2D eigenvalue weighted by Crippen LogP contribution is -2.19. The number of hydrogen-bond donors (Lipinski definition) is 0. The fourth-order valence-electron chi connectivity index (χ4n) is 2.37. The van der Waals surface area contributed by atoms with Crippen molar-refractivity contribution in [1.82, 2.24) is 19.3 Å². The van der Waals surface area contributed by atoms with Crippen LogP contribution in [0.25, 0.3) is 11.6 Å².